The molecule has 1 N–H and O–H groups in total. The number of aryl methyl sites for hydroxylation is 1. The summed E-state index contributed by atoms with van der Waals surface area (Å²) in [4.78, 5) is 14.1. The second kappa shape index (κ2) is 8.80. The van der Waals surface area contributed by atoms with Crippen LogP contribution in [0.15, 0.2) is 30.3 Å². The largest absolute Gasteiger partial charge is 0.394 e. The summed E-state index contributed by atoms with van der Waals surface area (Å²) in [6, 6.07) is 10.3. The van der Waals surface area contributed by atoms with Crippen LogP contribution in [0, 0.1) is 0 Å². The molecule has 4 nitrogen and oxygen atoms in total. The molecule has 1 heterocycles. The maximum atomic E-state index is 12.2. The number of hydrogen-bond acceptors (Lipinski definition) is 3. The summed E-state index contributed by atoms with van der Waals surface area (Å²) in [5, 5.41) is 8.74. The molecule has 0 bridgehead atoms. The van der Waals surface area contributed by atoms with Gasteiger partial charge >= 0.3 is 0 Å². The lowest BCUT2D eigenvalue weighted by atomic mass is 10.1. The number of aliphatic hydroxyl groups excluding tert-OH is 1. The number of nitrogens with zero attached hydrogens (tertiary/aromatic N) is 1. The Morgan fingerprint density at radius 1 is 1.24 bits per heavy atom. The molecule has 0 spiro atoms. The van der Waals surface area contributed by atoms with E-state index in [1.807, 2.05) is 23.1 Å². The minimum atomic E-state index is 0.0681. The average Bonchev–Trinajstić information content (AvgIpc) is 2.54. The molecule has 0 radical (unpaired) electrons. The van der Waals surface area contributed by atoms with E-state index in [2.05, 4.69) is 12.1 Å². The van der Waals surface area contributed by atoms with Crippen molar-refractivity contribution in [2.75, 3.05) is 26.3 Å². The molecule has 1 amide bonds. The number of hydrogen-bond donors (Lipinski definition) is 1. The van der Waals surface area contributed by atoms with Crippen molar-refractivity contribution in [2.45, 2.75) is 38.2 Å². The molecule has 116 valence electrons. The van der Waals surface area contributed by atoms with Crippen molar-refractivity contribution in [1.82, 2.24) is 4.90 Å². The van der Waals surface area contributed by atoms with Gasteiger partial charge in [-0.15, -0.1) is 0 Å². The molecule has 21 heavy (non-hydrogen) atoms. The zero-order valence-corrected chi connectivity index (χ0v) is 12.5. The molecule has 4 heteroatoms. The first-order chi connectivity index (χ1) is 10.3. The van der Waals surface area contributed by atoms with Gasteiger partial charge in [0.05, 0.1) is 19.3 Å². The van der Waals surface area contributed by atoms with Crippen molar-refractivity contribution in [3.8, 4) is 0 Å². The molecular weight excluding hydrogens is 266 g/mol. The third kappa shape index (κ3) is 5.48. The van der Waals surface area contributed by atoms with Crippen LogP contribution in [0.5, 0.6) is 0 Å². The quantitative estimate of drug-likeness (QED) is 0.836. The van der Waals surface area contributed by atoms with E-state index in [0.717, 1.165) is 38.8 Å². The highest BCUT2D eigenvalue weighted by Crippen LogP contribution is 2.15. The first-order valence-corrected chi connectivity index (χ1v) is 7.84. The second-order valence-electron chi connectivity index (χ2n) is 5.51. The number of rotatable bonds is 7. The van der Waals surface area contributed by atoms with Crippen LogP contribution in [0.2, 0.25) is 0 Å². The highest BCUT2D eigenvalue weighted by atomic mass is 16.5. The molecule has 1 aliphatic rings. The van der Waals surface area contributed by atoms with Crippen LogP contribution >= 0.6 is 0 Å². The molecule has 0 atom stereocenters. The highest BCUT2D eigenvalue weighted by molar-refractivity contribution is 5.76. The number of likely N-dealkylation sites (tertiary alicyclic amines) is 1. The summed E-state index contributed by atoms with van der Waals surface area (Å²) in [5.74, 6) is 0.256. The fourth-order valence-corrected chi connectivity index (χ4v) is 2.74. The van der Waals surface area contributed by atoms with Gasteiger partial charge < -0.3 is 14.7 Å². The summed E-state index contributed by atoms with van der Waals surface area (Å²) in [6.07, 6.45) is 4.45. The van der Waals surface area contributed by atoms with Gasteiger partial charge in [-0.25, -0.2) is 0 Å². The van der Waals surface area contributed by atoms with Crippen molar-refractivity contribution in [1.29, 1.82) is 0 Å². The van der Waals surface area contributed by atoms with Gasteiger partial charge in [0.1, 0.15) is 0 Å². The molecule has 0 aliphatic carbocycles. The van der Waals surface area contributed by atoms with Crippen molar-refractivity contribution < 1.29 is 14.6 Å². The van der Waals surface area contributed by atoms with Gasteiger partial charge in [-0.05, 0) is 31.2 Å². The van der Waals surface area contributed by atoms with Gasteiger partial charge in [-0.1, -0.05) is 30.3 Å². The predicted molar refractivity (Wildman–Crippen MR) is 82.0 cm³/mol. The molecule has 1 aromatic carbocycles. The Morgan fingerprint density at radius 2 is 1.95 bits per heavy atom. The number of amides is 1. The zero-order chi connectivity index (χ0) is 14.9. The molecule has 0 unspecified atom stereocenters. The average molecular weight is 291 g/mol. The summed E-state index contributed by atoms with van der Waals surface area (Å²) in [7, 11) is 0. The monoisotopic (exact) mass is 291 g/mol. The maximum Gasteiger partial charge on any atom is 0.222 e. The molecular formula is C17H25NO3. The van der Waals surface area contributed by atoms with Crippen LogP contribution in [0.3, 0.4) is 0 Å². The Morgan fingerprint density at radius 3 is 2.62 bits per heavy atom. The number of carbonyl (C=O) groups excluding carboxylic acids is 1. The predicted octanol–water partition coefficient (Wildman–Crippen LogP) is 2.01. The standard InChI is InChI=1S/C17H25NO3/c19-13-14-21-16-9-11-18(12-10-16)17(20)8-4-7-15-5-2-1-3-6-15/h1-3,5-6,16,19H,4,7-14H2. The van der Waals surface area contributed by atoms with Gasteiger partial charge in [0.15, 0.2) is 0 Å². The molecule has 0 saturated carbocycles. The Balaban J connectivity index is 1.63. The molecule has 0 aromatic heterocycles. The van der Waals surface area contributed by atoms with Gasteiger partial charge in [0.25, 0.3) is 0 Å². The van der Waals surface area contributed by atoms with E-state index in [1.54, 1.807) is 0 Å². The topological polar surface area (TPSA) is 49.8 Å². The van der Waals surface area contributed by atoms with Crippen molar-refractivity contribution in [3.63, 3.8) is 0 Å². The number of aliphatic hydroxyl groups is 1. The van der Waals surface area contributed by atoms with Crippen LogP contribution in [-0.2, 0) is 16.0 Å². The van der Waals surface area contributed by atoms with Gasteiger partial charge in [-0.3, -0.25) is 4.79 Å². The van der Waals surface area contributed by atoms with Gasteiger partial charge in [0, 0.05) is 19.5 Å². The van der Waals surface area contributed by atoms with E-state index < -0.39 is 0 Å². The SMILES string of the molecule is O=C(CCCc1ccccc1)N1CCC(OCCO)CC1. The van der Waals surface area contributed by atoms with Crippen LogP contribution < -0.4 is 0 Å². The minimum absolute atomic E-state index is 0.0681. The summed E-state index contributed by atoms with van der Waals surface area (Å²) in [5.41, 5.74) is 1.29. The van der Waals surface area contributed by atoms with E-state index in [1.165, 1.54) is 5.56 Å². The maximum absolute atomic E-state index is 12.2. The molecule has 1 saturated heterocycles. The van der Waals surface area contributed by atoms with E-state index >= 15 is 0 Å². The Hall–Kier alpha value is -1.39. The molecule has 1 aromatic rings. The van der Waals surface area contributed by atoms with Crippen molar-refractivity contribution >= 4 is 5.91 Å². The third-order valence-corrected chi connectivity index (χ3v) is 3.94. The lowest BCUT2D eigenvalue weighted by molar-refractivity contribution is -0.134. The fraction of sp³-hybridized carbons (Fsp3) is 0.588. The Labute approximate surface area is 126 Å². The lowest BCUT2D eigenvalue weighted by Crippen LogP contribution is -2.41. The van der Waals surface area contributed by atoms with Crippen LogP contribution in [-0.4, -0.2) is 48.3 Å². The summed E-state index contributed by atoms with van der Waals surface area (Å²) in [6.45, 7) is 2.02. The third-order valence-electron chi connectivity index (χ3n) is 3.94. The first-order valence-electron chi connectivity index (χ1n) is 7.84. The molecule has 2 rings (SSSR count). The molecule has 1 fully saturated rings. The van der Waals surface area contributed by atoms with E-state index in [-0.39, 0.29) is 18.6 Å². The number of piperidine rings is 1. The van der Waals surface area contributed by atoms with Crippen LogP contribution in [0.25, 0.3) is 0 Å². The van der Waals surface area contributed by atoms with Gasteiger partial charge in [0.2, 0.25) is 5.91 Å². The van der Waals surface area contributed by atoms with E-state index in [9.17, 15) is 4.79 Å². The van der Waals surface area contributed by atoms with Crippen molar-refractivity contribution in [3.05, 3.63) is 35.9 Å². The zero-order valence-electron chi connectivity index (χ0n) is 12.5. The number of carbonyl (C=O) groups is 1. The smallest absolute Gasteiger partial charge is 0.222 e. The molecule has 1 aliphatic heterocycles. The first kappa shape index (κ1) is 16.0. The fourth-order valence-electron chi connectivity index (χ4n) is 2.74. The van der Waals surface area contributed by atoms with E-state index in [4.69, 9.17) is 9.84 Å². The van der Waals surface area contributed by atoms with Gasteiger partial charge in [-0.2, -0.15) is 0 Å². The Kier molecular flexibility index (Phi) is 6.70. The number of ether oxygens (including phenoxy) is 1. The lowest BCUT2D eigenvalue weighted by Gasteiger charge is -2.32. The van der Waals surface area contributed by atoms with Crippen LogP contribution in [0.4, 0.5) is 0 Å². The van der Waals surface area contributed by atoms with Crippen LogP contribution in [0.1, 0.15) is 31.2 Å². The highest BCUT2D eigenvalue weighted by Gasteiger charge is 2.22. The van der Waals surface area contributed by atoms with Crippen molar-refractivity contribution in [2.24, 2.45) is 0 Å². The minimum Gasteiger partial charge on any atom is -0.394 e. The number of benzene rings is 1. The summed E-state index contributed by atoms with van der Waals surface area (Å²) >= 11 is 0. The Bertz CT molecular complexity index is 413. The van der Waals surface area contributed by atoms with E-state index in [0.29, 0.717) is 13.0 Å². The second-order valence-corrected chi connectivity index (χ2v) is 5.51. The summed E-state index contributed by atoms with van der Waals surface area (Å²) < 4.78 is 5.51. The normalized spacial score (nSPS) is 16.1.